The summed E-state index contributed by atoms with van der Waals surface area (Å²) in [6.07, 6.45) is 50.7. The quantitative estimate of drug-likeness (QED) is 0.0195. The van der Waals surface area contributed by atoms with Gasteiger partial charge in [-0.2, -0.15) is 0 Å². The van der Waals surface area contributed by atoms with Gasteiger partial charge in [0, 0.05) is 11.8 Å². The Labute approximate surface area is 385 Å². The molecule has 336 valence electrons. The smallest absolute Gasteiger partial charge is 0.726 e. The molecule has 0 spiro atoms. The van der Waals surface area contributed by atoms with Gasteiger partial charge in [-0.05, 0) is 25.7 Å². The molecule has 0 radical (unpaired) electrons. The fourth-order valence-electron chi connectivity index (χ4n) is 6.88. The second-order valence-corrected chi connectivity index (χ2v) is 18.2. The molecule has 0 aromatic rings. The Morgan fingerprint density at radius 1 is 0.386 bits per heavy atom. The molecule has 11 heteroatoms. The fourth-order valence-corrected chi connectivity index (χ4v) is 7.56. The van der Waals surface area contributed by atoms with E-state index in [1.54, 1.807) is 0 Å². The summed E-state index contributed by atoms with van der Waals surface area (Å²) in [6, 6.07) is 0. The third-order valence-corrected chi connectivity index (χ3v) is 11.3. The van der Waals surface area contributed by atoms with Crippen molar-refractivity contribution in [3.63, 3.8) is 0 Å². The molecule has 0 heterocycles. The molecule has 0 aliphatic heterocycles. The van der Waals surface area contributed by atoms with Crippen molar-refractivity contribution in [2.45, 2.75) is 246 Å². The van der Waals surface area contributed by atoms with Crippen molar-refractivity contribution in [1.29, 1.82) is 0 Å². The van der Waals surface area contributed by atoms with Crippen LogP contribution in [0.5, 0.6) is 0 Å². The average molecular weight is 875 g/mol. The van der Waals surface area contributed by atoms with E-state index in [-0.39, 0.29) is 62.8 Å². The molecule has 0 aromatic heterocycles. The van der Waals surface area contributed by atoms with Crippen LogP contribution in [-0.4, -0.2) is 76.9 Å². The van der Waals surface area contributed by atoms with E-state index in [2.05, 4.69) is 48.2 Å². The van der Waals surface area contributed by atoms with Crippen LogP contribution in [-0.2, 0) is 29.2 Å². The SMILES string of the molecule is CCCC/C=C/C(CCCCCCCCCCCCCCC)COS(=O)(=O)[O-].CCCC/C=C/C(CCCCCCCCCCCCCCC)COS(=O)(=O)[O-].[Ca+2]. The molecule has 2 unspecified atom stereocenters. The summed E-state index contributed by atoms with van der Waals surface area (Å²) in [5.74, 6) is 0.0431. The van der Waals surface area contributed by atoms with Crippen molar-refractivity contribution in [2.75, 3.05) is 13.2 Å². The summed E-state index contributed by atoms with van der Waals surface area (Å²) in [5, 5.41) is 0. The van der Waals surface area contributed by atoms with Gasteiger partial charge in [0.2, 0.25) is 20.8 Å². The third kappa shape index (κ3) is 56.5. The summed E-state index contributed by atoms with van der Waals surface area (Å²) < 4.78 is 73.1. The van der Waals surface area contributed by atoms with Crippen molar-refractivity contribution < 1.29 is 34.3 Å². The van der Waals surface area contributed by atoms with Gasteiger partial charge in [0.25, 0.3) is 0 Å². The van der Waals surface area contributed by atoms with Crippen LogP contribution in [0.2, 0.25) is 0 Å². The van der Waals surface area contributed by atoms with Gasteiger partial charge in [-0.25, -0.2) is 16.8 Å². The first-order chi connectivity index (χ1) is 27.0. The van der Waals surface area contributed by atoms with E-state index in [0.717, 1.165) is 64.2 Å². The molecule has 0 aliphatic carbocycles. The maximum Gasteiger partial charge on any atom is 2.00 e. The van der Waals surface area contributed by atoms with Gasteiger partial charge in [0.05, 0.1) is 13.2 Å². The van der Waals surface area contributed by atoms with Crippen molar-refractivity contribution in [3.05, 3.63) is 24.3 Å². The molecule has 8 nitrogen and oxygen atoms in total. The molecule has 0 saturated heterocycles. The Bertz CT molecular complexity index is 982. The number of unbranched alkanes of at least 4 members (excludes halogenated alkanes) is 28. The number of hydrogen-bond donors (Lipinski definition) is 0. The van der Waals surface area contributed by atoms with Crippen LogP contribution in [0.25, 0.3) is 0 Å². The number of rotatable bonds is 42. The van der Waals surface area contributed by atoms with Crippen LogP contribution in [0.4, 0.5) is 0 Å². The summed E-state index contributed by atoms with van der Waals surface area (Å²) in [5.41, 5.74) is 0. The van der Waals surface area contributed by atoms with Crippen LogP contribution in [0, 0.1) is 11.8 Å². The zero-order chi connectivity index (χ0) is 41.9. The van der Waals surface area contributed by atoms with Gasteiger partial charge in [0.15, 0.2) is 0 Å². The van der Waals surface area contributed by atoms with Crippen LogP contribution in [0.1, 0.15) is 246 Å². The van der Waals surface area contributed by atoms with Crippen molar-refractivity contribution >= 4 is 58.5 Å². The van der Waals surface area contributed by atoms with Crippen molar-refractivity contribution in [3.8, 4) is 0 Å². The molecule has 0 fully saturated rings. The largest absolute Gasteiger partial charge is 2.00 e. The van der Waals surface area contributed by atoms with Crippen LogP contribution in [0.15, 0.2) is 24.3 Å². The summed E-state index contributed by atoms with van der Waals surface area (Å²) in [4.78, 5) is 0. The topological polar surface area (TPSA) is 133 Å². The van der Waals surface area contributed by atoms with Crippen LogP contribution >= 0.6 is 0 Å². The average Bonchev–Trinajstić information content (AvgIpc) is 3.15. The molecule has 0 amide bonds. The van der Waals surface area contributed by atoms with E-state index < -0.39 is 20.8 Å². The van der Waals surface area contributed by atoms with Crippen LogP contribution in [0.3, 0.4) is 0 Å². The van der Waals surface area contributed by atoms with Gasteiger partial charge < -0.3 is 9.11 Å². The Kier molecular flexibility index (Phi) is 51.5. The first-order valence-corrected chi connectivity index (χ1v) is 26.2. The first kappa shape index (κ1) is 61.8. The second-order valence-electron chi connectivity index (χ2n) is 16.1. The standard InChI is InChI=1S/2C23H46O4S.Ca/c2*1-3-5-7-9-10-11-12-13-14-15-16-17-19-21-23(20-18-8-6-4-2)22-27-28(24,25)26;/h2*18,20,23H,3-17,19,21-22H2,1-2H3,(H,24,25,26);/q;;+2/p-2/b2*20-18+;. The predicted molar refractivity (Wildman–Crippen MR) is 242 cm³/mol. The van der Waals surface area contributed by atoms with Crippen LogP contribution < -0.4 is 0 Å². The molecule has 0 bridgehead atoms. The Morgan fingerprint density at radius 2 is 0.614 bits per heavy atom. The second kappa shape index (κ2) is 47.5. The predicted octanol–water partition coefficient (Wildman–Crippen LogP) is 14.2. The molecule has 2 atom stereocenters. The van der Waals surface area contributed by atoms with Gasteiger partial charge in [-0.15, -0.1) is 0 Å². The van der Waals surface area contributed by atoms with E-state index >= 15 is 0 Å². The van der Waals surface area contributed by atoms with Crippen molar-refractivity contribution in [2.24, 2.45) is 11.8 Å². The third-order valence-electron chi connectivity index (χ3n) is 10.5. The first-order valence-electron chi connectivity index (χ1n) is 23.5. The van der Waals surface area contributed by atoms with E-state index in [1.165, 1.54) is 154 Å². The minimum absolute atomic E-state index is 0. The zero-order valence-electron chi connectivity index (χ0n) is 37.7. The summed E-state index contributed by atoms with van der Waals surface area (Å²) in [7, 11) is -9.19. The van der Waals surface area contributed by atoms with E-state index in [0.29, 0.717) is 0 Å². The van der Waals surface area contributed by atoms with Gasteiger partial charge >= 0.3 is 37.7 Å². The van der Waals surface area contributed by atoms with Crippen molar-refractivity contribution in [1.82, 2.24) is 0 Å². The fraction of sp³-hybridized carbons (Fsp3) is 0.913. The molecular weight excluding hydrogens is 785 g/mol. The molecule has 0 aliphatic rings. The monoisotopic (exact) mass is 875 g/mol. The molecule has 0 N–H and O–H groups in total. The maximum atomic E-state index is 10.7. The molecule has 0 saturated carbocycles. The Balaban J connectivity index is -0.00000101. The van der Waals surface area contributed by atoms with E-state index in [1.807, 2.05) is 12.2 Å². The van der Waals surface area contributed by atoms with Gasteiger partial charge in [-0.3, -0.25) is 8.37 Å². The van der Waals surface area contributed by atoms with Gasteiger partial charge in [0.1, 0.15) is 0 Å². The minimum Gasteiger partial charge on any atom is -0.726 e. The summed E-state index contributed by atoms with van der Waals surface area (Å²) >= 11 is 0. The molecular formula is C46H90CaO8S2. The number of hydrogen-bond acceptors (Lipinski definition) is 8. The normalized spacial score (nSPS) is 13.2. The number of allylic oxidation sites excluding steroid dienone is 2. The Hall–Kier alpha value is 0.480. The van der Waals surface area contributed by atoms with Gasteiger partial charge in [-0.1, -0.05) is 245 Å². The minimum atomic E-state index is -4.60. The summed E-state index contributed by atoms with van der Waals surface area (Å²) in [6.45, 7) is 8.77. The maximum absolute atomic E-state index is 10.7. The van der Waals surface area contributed by atoms with E-state index in [4.69, 9.17) is 0 Å². The molecule has 0 rings (SSSR count). The van der Waals surface area contributed by atoms with E-state index in [9.17, 15) is 25.9 Å². The zero-order valence-corrected chi connectivity index (χ0v) is 41.6. The Morgan fingerprint density at radius 3 is 0.842 bits per heavy atom. The molecule has 57 heavy (non-hydrogen) atoms. The molecule has 0 aromatic carbocycles.